The van der Waals surface area contributed by atoms with E-state index in [0.29, 0.717) is 24.8 Å². The first-order chi connectivity index (χ1) is 18.1. The SMILES string of the molecule is Cc1cccc(-c2noc(CN3CCC(C(=O)NCc4cccc(CN5CCCCCC5)c4)CC3)n2)c1. The van der Waals surface area contributed by atoms with Crippen LogP contribution in [0.1, 0.15) is 61.1 Å². The van der Waals surface area contributed by atoms with E-state index in [1.54, 1.807) is 0 Å². The van der Waals surface area contributed by atoms with Crippen molar-refractivity contribution in [2.24, 2.45) is 5.92 Å². The van der Waals surface area contributed by atoms with E-state index in [1.165, 1.54) is 55.5 Å². The van der Waals surface area contributed by atoms with Gasteiger partial charge < -0.3 is 9.84 Å². The van der Waals surface area contributed by atoms with Gasteiger partial charge in [0, 0.05) is 24.6 Å². The van der Waals surface area contributed by atoms with Crippen molar-refractivity contribution in [2.75, 3.05) is 26.2 Å². The minimum Gasteiger partial charge on any atom is -0.352 e. The molecule has 7 nitrogen and oxygen atoms in total. The lowest BCUT2D eigenvalue weighted by Gasteiger charge is -2.30. The summed E-state index contributed by atoms with van der Waals surface area (Å²) in [5.41, 5.74) is 4.66. The number of aryl methyl sites for hydroxylation is 1. The Bertz CT molecular complexity index is 1160. The van der Waals surface area contributed by atoms with Crippen LogP contribution in [0.2, 0.25) is 0 Å². The lowest BCUT2D eigenvalue weighted by molar-refractivity contribution is -0.126. The van der Waals surface area contributed by atoms with E-state index in [0.717, 1.165) is 38.0 Å². The van der Waals surface area contributed by atoms with Crippen LogP contribution in [0.5, 0.6) is 0 Å². The van der Waals surface area contributed by atoms with Crippen LogP contribution in [0.15, 0.2) is 53.1 Å². The Morgan fingerprint density at radius 1 is 0.919 bits per heavy atom. The van der Waals surface area contributed by atoms with Crippen LogP contribution >= 0.6 is 0 Å². The maximum atomic E-state index is 12.9. The fourth-order valence-corrected chi connectivity index (χ4v) is 5.49. The first-order valence-corrected chi connectivity index (χ1v) is 13.8. The lowest BCUT2D eigenvalue weighted by atomic mass is 9.96. The molecule has 2 aliphatic heterocycles. The third kappa shape index (κ3) is 7.27. The molecule has 0 radical (unpaired) electrons. The van der Waals surface area contributed by atoms with Gasteiger partial charge in [-0.3, -0.25) is 14.6 Å². The minimum atomic E-state index is 0.0575. The molecule has 2 aliphatic rings. The van der Waals surface area contributed by atoms with Crippen LogP contribution in [0.25, 0.3) is 11.4 Å². The number of piperidine rings is 1. The Hall–Kier alpha value is -3.03. The highest BCUT2D eigenvalue weighted by Crippen LogP contribution is 2.21. The molecule has 0 atom stereocenters. The number of hydrogen-bond acceptors (Lipinski definition) is 6. The molecule has 2 fully saturated rings. The molecule has 0 unspecified atom stereocenters. The highest BCUT2D eigenvalue weighted by Gasteiger charge is 2.26. The fourth-order valence-electron chi connectivity index (χ4n) is 5.49. The quantitative estimate of drug-likeness (QED) is 0.471. The zero-order valence-corrected chi connectivity index (χ0v) is 22.0. The predicted octanol–water partition coefficient (Wildman–Crippen LogP) is 4.95. The third-order valence-electron chi connectivity index (χ3n) is 7.62. The zero-order chi connectivity index (χ0) is 25.5. The van der Waals surface area contributed by atoms with E-state index >= 15 is 0 Å². The third-order valence-corrected chi connectivity index (χ3v) is 7.62. The second-order valence-electron chi connectivity index (χ2n) is 10.7. The Morgan fingerprint density at radius 3 is 2.43 bits per heavy atom. The van der Waals surface area contributed by atoms with E-state index in [4.69, 9.17) is 4.52 Å². The molecule has 7 heteroatoms. The summed E-state index contributed by atoms with van der Waals surface area (Å²) >= 11 is 0. The summed E-state index contributed by atoms with van der Waals surface area (Å²) in [7, 11) is 0. The predicted molar refractivity (Wildman–Crippen MR) is 145 cm³/mol. The lowest BCUT2D eigenvalue weighted by Crippen LogP contribution is -2.40. The minimum absolute atomic E-state index is 0.0575. The molecule has 196 valence electrons. The van der Waals surface area contributed by atoms with Crippen LogP contribution in [-0.2, 0) is 24.4 Å². The highest BCUT2D eigenvalue weighted by atomic mass is 16.5. The van der Waals surface area contributed by atoms with Gasteiger partial charge in [0.2, 0.25) is 17.6 Å². The number of hydrogen-bond donors (Lipinski definition) is 1. The zero-order valence-electron chi connectivity index (χ0n) is 22.0. The number of rotatable bonds is 8. The summed E-state index contributed by atoms with van der Waals surface area (Å²) in [6, 6.07) is 16.8. The number of amides is 1. The Balaban J connectivity index is 1.06. The molecule has 1 N–H and O–H groups in total. The van der Waals surface area contributed by atoms with Gasteiger partial charge in [-0.1, -0.05) is 66.0 Å². The molecule has 0 saturated carbocycles. The summed E-state index contributed by atoms with van der Waals surface area (Å²) in [5.74, 6) is 1.47. The number of carbonyl (C=O) groups is 1. The smallest absolute Gasteiger partial charge is 0.241 e. The Labute approximate surface area is 220 Å². The molecule has 3 aromatic rings. The highest BCUT2D eigenvalue weighted by molar-refractivity contribution is 5.78. The Kier molecular flexibility index (Phi) is 8.64. The number of likely N-dealkylation sites (tertiary alicyclic amines) is 2. The first-order valence-electron chi connectivity index (χ1n) is 13.8. The molecule has 0 aliphatic carbocycles. The van der Waals surface area contributed by atoms with Gasteiger partial charge in [0.05, 0.1) is 6.54 Å². The van der Waals surface area contributed by atoms with Crippen molar-refractivity contribution in [3.8, 4) is 11.4 Å². The van der Waals surface area contributed by atoms with E-state index in [9.17, 15) is 4.79 Å². The summed E-state index contributed by atoms with van der Waals surface area (Å²) in [4.78, 5) is 22.3. The number of nitrogens with one attached hydrogen (secondary N) is 1. The number of benzene rings is 2. The van der Waals surface area contributed by atoms with Gasteiger partial charge in [-0.25, -0.2) is 0 Å². The van der Waals surface area contributed by atoms with Gasteiger partial charge in [0.1, 0.15) is 0 Å². The molecule has 1 aromatic heterocycles. The fraction of sp³-hybridized carbons (Fsp3) is 0.500. The molecular formula is C30H39N5O2. The molecule has 3 heterocycles. The molecule has 0 spiro atoms. The summed E-state index contributed by atoms with van der Waals surface area (Å²) in [6.07, 6.45) is 7.01. The van der Waals surface area contributed by atoms with Crippen molar-refractivity contribution >= 4 is 5.91 Å². The largest absolute Gasteiger partial charge is 0.352 e. The van der Waals surface area contributed by atoms with Crippen LogP contribution < -0.4 is 5.32 Å². The van der Waals surface area contributed by atoms with Crippen LogP contribution in [0.3, 0.4) is 0 Å². The molecule has 5 rings (SSSR count). The van der Waals surface area contributed by atoms with Gasteiger partial charge in [-0.15, -0.1) is 0 Å². The van der Waals surface area contributed by atoms with Gasteiger partial charge in [0.25, 0.3) is 0 Å². The second kappa shape index (κ2) is 12.5. The van der Waals surface area contributed by atoms with E-state index in [-0.39, 0.29) is 11.8 Å². The topological polar surface area (TPSA) is 74.5 Å². The van der Waals surface area contributed by atoms with Gasteiger partial charge in [-0.2, -0.15) is 4.98 Å². The van der Waals surface area contributed by atoms with Crippen molar-refractivity contribution in [3.63, 3.8) is 0 Å². The number of aromatic nitrogens is 2. The standard InChI is InChI=1S/C30H39N5O2/c1-23-8-6-11-27(18-23)29-32-28(37-33-29)22-35-16-12-26(13-17-35)30(36)31-20-24-9-7-10-25(19-24)21-34-14-4-2-3-5-15-34/h6-11,18-19,26H,2-5,12-17,20-22H2,1H3,(H,31,36). The van der Waals surface area contributed by atoms with Gasteiger partial charge in [0.15, 0.2) is 0 Å². The molecule has 2 aromatic carbocycles. The van der Waals surface area contributed by atoms with E-state index < -0.39 is 0 Å². The van der Waals surface area contributed by atoms with Crippen molar-refractivity contribution in [2.45, 2.75) is 65.1 Å². The summed E-state index contributed by atoms with van der Waals surface area (Å²) in [6.45, 7) is 8.37. The van der Waals surface area contributed by atoms with Crippen LogP contribution in [-0.4, -0.2) is 52.0 Å². The molecule has 0 bridgehead atoms. The van der Waals surface area contributed by atoms with Gasteiger partial charge in [-0.05, 0) is 76.0 Å². The van der Waals surface area contributed by atoms with Crippen LogP contribution in [0.4, 0.5) is 0 Å². The van der Waals surface area contributed by atoms with Gasteiger partial charge >= 0.3 is 0 Å². The molecule has 2 saturated heterocycles. The van der Waals surface area contributed by atoms with Crippen molar-refractivity contribution < 1.29 is 9.32 Å². The summed E-state index contributed by atoms with van der Waals surface area (Å²) < 4.78 is 5.50. The maximum Gasteiger partial charge on any atom is 0.241 e. The first kappa shape index (κ1) is 25.6. The van der Waals surface area contributed by atoms with Crippen molar-refractivity contribution in [1.29, 1.82) is 0 Å². The maximum absolute atomic E-state index is 12.9. The monoisotopic (exact) mass is 501 g/mol. The average molecular weight is 502 g/mol. The van der Waals surface area contributed by atoms with E-state index in [2.05, 4.69) is 68.6 Å². The molecular weight excluding hydrogens is 462 g/mol. The van der Waals surface area contributed by atoms with Crippen molar-refractivity contribution in [1.82, 2.24) is 25.3 Å². The summed E-state index contributed by atoms with van der Waals surface area (Å²) in [5, 5.41) is 7.34. The van der Waals surface area contributed by atoms with E-state index in [1.807, 2.05) is 12.1 Å². The Morgan fingerprint density at radius 2 is 1.65 bits per heavy atom. The second-order valence-corrected chi connectivity index (χ2v) is 10.7. The average Bonchev–Trinajstić information content (AvgIpc) is 3.23. The molecule has 37 heavy (non-hydrogen) atoms. The van der Waals surface area contributed by atoms with Crippen LogP contribution in [0, 0.1) is 12.8 Å². The number of carbonyl (C=O) groups excluding carboxylic acids is 1. The normalized spacial score (nSPS) is 18.0. The van der Waals surface area contributed by atoms with Crippen molar-refractivity contribution in [3.05, 3.63) is 71.1 Å². The molecule has 1 amide bonds. The number of nitrogens with zero attached hydrogens (tertiary/aromatic N) is 4.